The van der Waals surface area contributed by atoms with E-state index in [0.29, 0.717) is 59.6 Å². The quantitative estimate of drug-likeness (QED) is 0.571. The lowest BCUT2D eigenvalue weighted by molar-refractivity contribution is 0.109. The zero-order valence-corrected chi connectivity index (χ0v) is 18.5. The second-order valence-corrected chi connectivity index (χ2v) is 8.37. The number of fused-ring (bicyclic) bond motifs is 1. The van der Waals surface area contributed by atoms with Crippen LogP contribution in [0.5, 0.6) is 0 Å². The summed E-state index contributed by atoms with van der Waals surface area (Å²) >= 11 is 3.38. The Morgan fingerprint density at radius 3 is 2.52 bits per heavy atom. The van der Waals surface area contributed by atoms with Gasteiger partial charge >= 0.3 is 0 Å². The van der Waals surface area contributed by atoms with Crippen LogP contribution in [0.15, 0.2) is 45.8 Å². The van der Waals surface area contributed by atoms with Crippen molar-refractivity contribution < 1.29 is 9.50 Å². The molecule has 0 spiro atoms. The van der Waals surface area contributed by atoms with Gasteiger partial charge in [0.2, 0.25) is 0 Å². The van der Waals surface area contributed by atoms with Crippen molar-refractivity contribution in [2.75, 3.05) is 37.6 Å². The average Bonchev–Trinajstić information content (AvgIpc) is 2.77. The molecule has 4 rings (SSSR count). The molecule has 1 aliphatic rings. The van der Waals surface area contributed by atoms with E-state index in [9.17, 15) is 19.6 Å². The van der Waals surface area contributed by atoms with Crippen LogP contribution in [0.3, 0.4) is 0 Å². The number of halogens is 2. The lowest BCUT2D eigenvalue weighted by Crippen LogP contribution is -2.48. The zero-order valence-electron chi connectivity index (χ0n) is 16.9. The van der Waals surface area contributed by atoms with Gasteiger partial charge in [0.15, 0.2) is 0 Å². The molecule has 0 radical (unpaired) electrons. The molecule has 160 valence electrons. The monoisotopic (exact) mass is 485 g/mol. The molecule has 1 aromatic carbocycles. The first-order valence-corrected chi connectivity index (χ1v) is 10.7. The second kappa shape index (κ2) is 8.75. The number of benzene rings is 1. The van der Waals surface area contributed by atoms with E-state index in [0.717, 1.165) is 0 Å². The predicted molar refractivity (Wildman–Crippen MR) is 119 cm³/mol. The molecule has 7 nitrogen and oxygen atoms in total. The first-order chi connectivity index (χ1) is 14.9. The largest absolute Gasteiger partial charge is 0.387 e. The summed E-state index contributed by atoms with van der Waals surface area (Å²) in [7, 11) is 1.64. The Bertz CT molecular complexity index is 1210. The van der Waals surface area contributed by atoms with Crippen molar-refractivity contribution in [1.29, 1.82) is 5.26 Å². The summed E-state index contributed by atoms with van der Waals surface area (Å²) in [5.41, 5.74) is 2.23. The van der Waals surface area contributed by atoms with Crippen LogP contribution in [-0.2, 0) is 7.05 Å². The van der Waals surface area contributed by atoms with Gasteiger partial charge in [-0.3, -0.25) is 9.69 Å². The van der Waals surface area contributed by atoms with Gasteiger partial charge in [0.1, 0.15) is 27.6 Å². The lowest BCUT2D eigenvalue weighted by Gasteiger charge is -2.37. The van der Waals surface area contributed by atoms with Gasteiger partial charge in [-0.15, -0.1) is 0 Å². The molecular formula is C22H21BrFN5O2. The highest BCUT2D eigenvalue weighted by atomic mass is 79.9. The third-order valence-electron chi connectivity index (χ3n) is 5.67. The maximum absolute atomic E-state index is 13.1. The topological polar surface area (TPSA) is 85.4 Å². The highest BCUT2D eigenvalue weighted by Gasteiger charge is 2.26. The Labute approximate surface area is 187 Å². The number of anilines is 1. The highest BCUT2D eigenvalue weighted by Crippen LogP contribution is 2.29. The summed E-state index contributed by atoms with van der Waals surface area (Å²) in [6.07, 6.45) is -0.718. The minimum Gasteiger partial charge on any atom is -0.387 e. The molecule has 1 aliphatic heterocycles. The van der Waals surface area contributed by atoms with E-state index in [-0.39, 0.29) is 16.9 Å². The van der Waals surface area contributed by atoms with Gasteiger partial charge < -0.3 is 14.6 Å². The molecule has 0 unspecified atom stereocenters. The van der Waals surface area contributed by atoms with Crippen molar-refractivity contribution in [2.45, 2.75) is 6.10 Å². The molecule has 1 fully saturated rings. The van der Waals surface area contributed by atoms with E-state index in [4.69, 9.17) is 0 Å². The van der Waals surface area contributed by atoms with Crippen molar-refractivity contribution in [3.8, 4) is 6.07 Å². The fourth-order valence-electron chi connectivity index (χ4n) is 3.97. The fourth-order valence-corrected chi connectivity index (χ4v) is 4.28. The van der Waals surface area contributed by atoms with E-state index < -0.39 is 6.10 Å². The molecule has 0 amide bonds. The highest BCUT2D eigenvalue weighted by molar-refractivity contribution is 9.10. The Hall–Kier alpha value is -2.80. The average molecular weight is 486 g/mol. The van der Waals surface area contributed by atoms with E-state index >= 15 is 0 Å². The third-order valence-corrected chi connectivity index (χ3v) is 6.11. The number of aryl methyl sites for hydroxylation is 1. The van der Waals surface area contributed by atoms with Gasteiger partial charge in [0, 0.05) is 39.8 Å². The molecule has 9 heteroatoms. The molecule has 1 atom stereocenters. The van der Waals surface area contributed by atoms with E-state index in [1.165, 1.54) is 16.7 Å². The summed E-state index contributed by atoms with van der Waals surface area (Å²) in [4.78, 5) is 21.4. The number of aromatic nitrogens is 2. The third kappa shape index (κ3) is 4.19. The van der Waals surface area contributed by atoms with Crippen LogP contribution in [0.4, 0.5) is 10.1 Å². The maximum atomic E-state index is 13.1. The summed E-state index contributed by atoms with van der Waals surface area (Å²) in [5, 5.41) is 20.2. The minimum atomic E-state index is -0.718. The van der Waals surface area contributed by atoms with Crippen molar-refractivity contribution >= 4 is 32.7 Å². The Morgan fingerprint density at radius 2 is 1.87 bits per heavy atom. The number of nitrogens with zero attached hydrogens (tertiary/aromatic N) is 5. The number of β-amino-alcohol motifs (C(OH)–C–C–N with tert-alkyl or cyclic N) is 1. The number of pyridine rings is 2. The molecular weight excluding hydrogens is 465 g/mol. The van der Waals surface area contributed by atoms with Crippen molar-refractivity contribution in [3.05, 3.63) is 68.3 Å². The number of aliphatic hydroxyl groups is 1. The first kappa shape index (κ1) is 21.4. The fraction of sp³-hybridized carbons (Fsp3) is 0.318. The normalized spacial score (nSPS) is 15.8. The molecule has 0 saturated carbocycles. The van der Waals surface area contributed by atoms with Crippen LogP contribution in [-0.4, -0.2) is 52.3 Å². The molecule has 1 saturated heterocycles. The van der Waals surface area contributed by atoms with Gasteiger partial charge in [0.05, 0.1) is 17.3 Å². The second-order valence-electron chi connectivity index (χ2n) is 7.56. The number of hydrogen-bond acceptors (Lipinski definition) is 6. The van der Waals surface area contributed by atoms with Crippen LogP contribution in [0, 0.1) is 17.1 Å². The molecule has 3 aromatic rings. The van der Waals surface area contributed by atoms with Crippen molar-refractivity contribution in [3.63, 3.8) is 0 Å². The van der Waals surface area contributed by atoms with E-state index in [1.54, 1.807) is 25.2 Å². The zero-order chi connectivity index (χ0) is 22.1. The molecule has 2 aromatic heterocycles. The summed E-state index contributed by atoms with van der Waals surface area (Å²) in [6.45, 7) is 2.88. The van der Waals surface area contributed by atoms with Crippen LogP contribution in [0.1, 0.15) is 17.2 Å². The van der Waals surface area contributed by atoms with Gasteiger partial charge in [-0.2, -0.15) is 5.26 Å². The lowest BCUT2D eigenvalue weighted by atomic mass is 10.1. The summed E-state index contributed by atoms with van der Waals surface area (Å²) in [5.74, 6) is -0.334. The Kier molecular flexibility index (Phi) is 6.05. The van der Waals surface area contributed by atoms with Crippen LogP contribution in [0.25, 0.3) is 11.0 Å². The Morgan fingerprint density at radius 1 is 1.19 bits per heavy atom. The van der Waals surface area contributed by atoms with Crippen molar-refractivity contribution in [2.24, 2.45) is 7.05 Å². The molecule has 3 heterocycles. The standard InChI is InChI=1S/C22H21BrFN5O2/c1-27-17-6-7-19(23)26-20(17)21(16(12-25)22(27)31)29-10-8-28(9-11-29)13-18(30)14-2-4-15(24)5-3-14/h2-7,18,30H,8-11,13H2,1H3/t18-/m1/s1. The predicted octanol–water partition coefficient (Wildman–Crippen LogP) is 2.56. The van der Waals surface area contributed by atoms with E-state index in [1.807, 2.05) is 11.0 Å². The first-order valence-electron chi connectivity index (χ1n) is 9.89. The number of hydrogen-bond donors (Lipinski definition) is 1. The molecule has 31 heavy (non-hydrogen) atoms. The summed E-state index contributed by atoms with van der Waals surface area (Å²) in [6, 6.07) is 11.5. The van der Waals surface area contributed by atoms with Crippen LogP contribution in [0.2, 0.25) is 0 Å². The van der Waals surface area contributed by atoms with Gasteiger partial charge in [0.25, 0.3) is 5.56 Å². The number of aliphatic hydroxyl groups excluding tert-OH is 1. The van der Waals surface area contributed by atoms with Gasteiger partial charge in [-0.1, -0.05) is 12.1 Å². The van der Waals surface area contributed by atoms with Crippen LogP contribution < -0.4 is 10.5 Å². The maximum Gasteiger partial charge on any atom is 0.270 e. The van der Waals surface area contributed by atoms with Gasteiger partial charge in [-0.05, 0) is 45.8 Å². The number of piperazine rings is 1. The van der Waals surface area contributed by atoms with Crippen molar-refractivity contribution in [1.82, 2.24) is 14.5 Å². The molecule has 1 N–H and O–H groups in total. The summed E-state index contributed by atoms with van der Waals surface area (Å²) < 4.78 is 15.2. The molecule has 0 bridgehead atoms. The molecule has 0 aliphatic carbocycles. The van der Waals surface area contributed by atoms with E-state index in [2.05, 4.69) is 31.9 Å². The minimum absolute atomic E-state index is 0.0837. The van der Waals surface area contributed by atoms with Gasteiger partial charge in [-0.25, -0.2) is 9.37 Å². The number of nitriles is 1. The number of rotatable bonds is 4. The Balaban J connectivity index is 1.57. The SMILES string of the molecule is Cn1c(=O)c(C#N)c(N2CCN(C[C@@H](O)c3ccc(F)cc3)CC2)c2nc(Br)ccc21. The smallest absolute Gasteiger partial charge is 0.270 e. The van der Waals surface area contributed by atoms with Crippen LogP contribution >= 0.6 is 15.9 Å².